The fourth-order valence-corrected chi connectivity index (χ4v) is 2.76. The van der Waals surface area contributed by atoms with Gasteiger partial charge in [0.2, 0.25) is 11.8 Å². The van der Waals surface area contributed by atoms with Crippen LogP contribution in [0, 0.1) is 5.82 Å². The van der Waals surface area contributed by atoms with E-state index in [9.17, 15) is 14.0 Å². The van der Waals surface area contributed by atoms with Crippen molar-refractivity contribution in [3.05, 3.63) is 71.5 Å². The van der Waals surface area contributed by atoms with Crippen LogP contribution in [-0.2, 0) is 16.0 Å². The Hall–Kier alpha value is -2.69. The van der Waals surface area contributed by atoms with Crippen LogP contribution < -0.4 is 5.32 Å². The first-order chi connectivity index (χ1) is 12.5. The standard InChI is InChI=1S/C21H25FN2O2/c1-16(18-8-4-3-5-9-18)23-21(26)13-15-24(17(2)25)14-12-19-10-6-7-11-20(19)22/h3-11,16H,12-15H2,1-2H3,(H,23,26). The highest BCUT2D eigenvalue weighted by Crippen LogP contribution is 2.12. The van der Waals surface area contributed by atoms with Crippen molar-refractivity contribution < 1.29 is 14.0 Å². The van der Waals surface area contributed by atoms with Crippen LogP contribution in [0.3, 0.4) is 0 Å². The Morgan fingerprint density at radius 1 is 1.04 bits per heavy atom. The van der Waals surface area contributed by atoms with Gasteiger partial charge in [0.25, 0.3) is 0 Å². The molecule has 0 fully saturated rings. The fourth-order valence-electron chi connectivity index (χ4n) is 2.76. The summed E-state index contributed by atoms with van der Waals surface area (Å²) >= 11 is 0. The molecule has 26 heavy (non-hydrogen) atoms. The summed E-state index contributed by atoms with van der Waals surface area (Å²) in [4.78, 5) is 25.6. The second-order valence-corrected chi connectivity index (χ2v) is 6.30. The van der Waals surface area contributed by atoms with Crippen LogP contribution in [-0.4, -0.2) is 29.8 Å². The number of carbonyl (C=O) groups excluding carboxylic acids is 2. The van der Waals surface area contributed by atoms with E-state index in [-0.39, 0.29) is 30.1 Å². The van der Waals surface area contributed by atoms with Crippen LogP contribution in [0.5, 0.6) is 0 Å². The average Bonchev–Trinajstić information content (AvgIpc) is 2.63. The Kier molecular flexibility index (Phi) is 7.33. The third-order valence-electron chi connectivity index (χ3n) is 4.34. The number of amides is 2. The van der Waals surface area contributed by atoms with E-state index in [0.29, 0.717) is 25.1 Å². The summed E-state index contributed by atoms with van der Waals surface area (Å²) in [5.74, 6) is -0.505. The van der Waals surface area contributed by atoms with Gasteiger partial charge in [0.1, 0.15) is 5.82 Å². The van der Waals surface area contributed by atoms with Gasteiger partial charge in [-0.25, -0.2) is 4.39 Å². The van der Waals surface area contributed by atoms with E-state index in [1.165, 1.54) is 13.0 Å². The van der Waals surface area contributed by atoms with E-state index >= 15 is 0 Å². The molecular formula is C21H25FN2O2. The molecule has 2 aromatic carbocycles. The fraction of sp³-hybridized carbons (Fsp3) is 0.333. The molecule has 1 N–H and O–H groups in total. The van der Waals surface area contributed by atoms with Gasteiger partial charge in [-0.1, -0.05) is 48.5 Å². The number of rotatable bonds is 8. The van der Waals surface area contributed by atoms with Gasteiger partial charge in [-0.05, 0) is 30.5 Å². The maximum atomic E-state index is 13.7. The molecule has 0 bridgehead atoms. The Morgan fingerprint density at radius 3 is 2.35 bits per heavy atom. The Labute approximate surface area is 154 Å². The summed E-state index contributed by atoms with van der Waals surface area (Å²) in [6.45, 7) is 4.09. The van der Waals surface area contributed by atoms with Crippen LogP contribution in [0.4, 0.5) is 4.39 Å². The van der Waals surface area contributed by atoms with Crippen LogP contribution in [0.25, 0.3) is 0 Å². The van der Waals surface area contributed by atoms with Gasteiger partial charge in [-0.2, -0.15) is 0 Å². The number of halogens is 1. The molecule has 138 valence electrons. The van der Waals surface area contributed by atoms with Crippen LogP contribution in [0.15, 0.2) is 54.6 Å². The average molecular weight is 356 g/mol. The molecule has 0 aromatic heterocycles. The number of hydrogen-bond acceptors (Lipinski definition) is 2. The Morgan fingerprint density at radius 2 is 1.69 bits per heavy atom. The number of carbonyl (C=O) groups is 2. The van der Waals surface area contributed by atoms with Crippen LogP contribution >= 0.6 is 0 Å². The van der Waals surface area contributed by atoms with Crippen molar-refractivity contribution in [3.63, 3.8) is 0 Å². The van der Waals surface area contributed by atoms with Gasteiger partial charge >= 0.3 is 0 Å². The first-order valence-corrected chi connectivity index (χ1v) is 8.80. The van der Waals surface area contributed by atoms with Crippen LogP contribution in [0.2, 0.25) is 0 Å². The van der Waals surface area contributed by atoms with E-state index in [4.69, 9.17) is 0 Å². The highest BCUT2D eigenvalue weighted by Gasteiger charge is 2.14. The highest BCUT2D eigenvalue weighted by molar-refractivity contribution is 5.78. The quantitative estimate of drug-likeness (QED) is 0.787. The van der Waals surface area contributed by atoms with Gasteiger partial charge in [0.05, 0.1) is 6.04 Å². The molecule has 1 unspecified atom stereocenters. The summed E-state index contributed by atoms with van der Waals surface area (Å²) in [5, 5.41) is 2.94. The van der Waals surface area contributed by atoms with E-state index < -0.39 is 0 Å². The first kappa shape index (κ1) is 19.6. The lowest BCUT2D eigenvalue weighted by Crippen LogP contribution is -2.36. The Balaban J connectivity index is 1.83. The zero-order valence-corrected chi connectivity index (χ0v) is 15.2. The van der Waals surface area contributed by atoms with Gasteiger partial charge in [-0.15, -0.1) is 0 Å². The molecule has 0 saturated carbocycles. The molecule has 0 aliphatic rings. The molecular weight excluding hydrogens is 331 g/mol. The zero-order chi connectivity index (χ0) is 18.9. The summed E-state index contributed by atoms with van der Waals surface area (Å²) in [6.07, 6.45) is 0.641. The van der Waals surface area contributed by atoms with E-state index in [1.807, 2.05) is 37.3 Å². The van der Waals surface area contributed by atoms with Crippen molar-refractivity contribution >= 4 is 11.8 Å². The normalized spacial score (nSPS) is 11.7. The maximum Gasteiger partial charge on any atom is 0.222 e. The number of benzene rings is 2. The molecule has 5 heteroatoms. The zero-order valence-electron chi connectivity index (χ0n) is 15.2. The predicted molar refractivity (Wildman–Crippen MR) is 100.0 cm³/mol. The third-order valence-corrected chi connectivity index (χ3v) is 4.34. The lowest BCUT2D eigenvalue weighted by Gasteiger charge is -2.22. The summed E-state index contributed by atoms with van der Waals surface area (Å²) in [7, 11) is 0. The van der Waals surface area contributed by atoms with E-state index in [0.717, 1.165) is 5.56 Å². The predicted octanol–water partition coefficient (Wildman–Crippen LogP) is 3.48. The van der Waals surface area contributed by atoms with Crippen molar-refractivity contribution in [1.82, 2.24) is 10.2 Å². The van der Waals surface area contributed by atoms with Gasteiger partial charge in [0, 0.05) is 26.4 Å². The SMILES string of the molecule is CC(=O)N(CCC(=O)NC(C)c1ccccc1)CCc1ccccc1F. The molecule has 2 amide bonds. The smallest absolute Gasteiger partial charge is 0.222 e. The van der Waals surface area contributed by atoms with Gasteiger partial charge in [-0.3, -0.25) is 9.59 Å². The molecule has 0 radical (unpaired) electrons. The largest absolute Gasteiger partial charge is 0.350 e. The second kappa shape index (κ2) is 9.70. The topological polar surface area (TPSA) is 49.4 Å². The number of nitrogens with one attached hydrogen (secondary N) is 1. The molecule has 0 spiro atoms. The van der Waals surface area contributed by atoms with E-state index in [1.54, 1.807) is 23.1 Å². The minimum absolute atomic E-state index is 0.0899. The molecule has 0 heterocycles. The van der Waals surface area contributed by atoms with Crippen molar-refractivity contribution in [3.8, 4) is 0 Å². The summed E-state index contributed by atoms with van der Waals surface area (Å²) in [5.41, 5.74) is 1.60. The molecule has 4 nitrogen and oxygen atoms in total. The lowest BCUT2D eigenvalue weighted by atomic mass is 10.1. The first-order valence-electron chi connectivity index (χ1n) is 8.80. The minimum atomic E-state index is -0.273. The van der Waals surface area contributed by atoms with Gasteiger partial charge in [0.15, 0.2) is 0 Å². The monoisotopic (exact) mass is 356 g/mol. The Bertz CT molecular complexity index is 734. The molecule has 1 atom stereocenters. The van der Waals surface area contributed by atoms with Crippen molar-refractivity contribution in [2.24, 2.45) is 0 Å². The second-order valence-electron chi connectivity index (χ2n) is 6.30. The maximum absolute atomic E-state index is 13.7. The molecule has 2 rings (SSSR count). The van der Waals surface area contributed by atoms with Crippen LogP contribution in [0.1, 0.15) is 37.4 Å². The highest BCUT2D eigenvalue weighted by atomic mass is 19.1. The number of hydrogen-bond donors (Lipinski definition) is 1. The third kappa shape index (κ3) is 5.99. The lowest BCUT2D eigenvalue weighted by molar-refractivity contribution is -0.129. The van der Waals surface area contributed by atoms with E-state index in [2.05, 4.69) is 5.32 Å². The van der Waals surface area contributed by atoms with Crippen molar-refractivity contribution in [1.29, 1.82) is 0 Å². The van der Waals surface area contributed by atoms with Crippen molar-refractivity contribution in [2.75, 3.05) is 13.1 Å². The number of nitrogens with zero attached hydrogens (tertiary/aromatic N) is 1. The molecule has 2 aromatic rings. The minimum Gasteiger partial charge on any atom is -0.350 e. The summed E-state index contributed by atoms with van der Waals surface area (Å²) in [6, 6.07) is 16.1. The molecule has 0 aliphatic carbocycles. The molecule has 0 saturated heterocycles. The van der Waals surface area contributed by atoms with Crippen molar-refractivity contribution in [2.45, 2.75) is 32.7 Å². The molecule has 0 aliphatic heterocycles. The summed E-state index contributed by atoms with van der Waals surface area (Å²) < 4.78 is 13.7. The van der Waals surface area contributed by atoms with Gasteiger partial charge < -0.3 is 10.2 Å².